The molecular formula is C17H15N7O. The van der Waals surface area contributed by atoms with Crippen molar-refractivity contribution in [3.8, 4) is 0 Å². The fourth-order valence-electron chi connectivity index (χ4n) is 2.87. The summed E-state index contributed by atoms with van der Waals surface area (Å²) in [6, 6.07) is 14.6. The standard InChI is InChI=1S/C17H15N7O/c1-11-14(16(25)20-13-9-5-6-10-18-13)15(12-7-3-2-4-8-12)24-17(19-11)21-22-23-24/h2-10,15H,1H3,(H,18,20,25)(H,19,21,23)/t15-/m0/s1. The number of carbonyl (C=O) groups is 1. The highest BCUT2D eigenvalue weighted by molar-refractivity contribution is 6.05. The Balaban J connectivity index is 1.77. The van der Waals surface area contributed by atoms with Crippen molar-refractivity contribution >= 4 is 17.7 Å². The van der Waals surface area contributed by atoms with Gasteiger partial charge in [0.05, 0.1) is 5.57 Å². The van der Waals surface area contributed by atoms with E-state index in [1.807, 2.05) is 43.3 Å². The van der Waals surface area contributed by atoms with Crippen LogP contribution in [0.1, 0.15) is 18.5 Å². The van der Waals surface area contributed by atoms with E-state index in [1.165, 1.54) is 0 Å². The summed E-state index contributed by atoms with van der Waals surface area (Å²) in [4.78, 5) is 17.1. The van der Waals surface area contributed by atoms with E-state index >= 15 is 0 Å². The van der Waals surface area contributed by atoms with Crippen molar-refractivity contribution in [1.82, 2.24) is 25.2 Å². The van der Waals surface area contributed by atoms with Gasteiger partial charge < -0.3 is 10.6 Å². The van der Waals surface area contributed by atoms with Crippen LogP contribution in [0, 0.1) is 0 Å². The minimum absolute atomic E-state index is 0.251. The van der Waals surface area contributed by atoms with Crippen LogP contribution in [-0.4, -0.2) is 31.1 Å². The molecule has 1 amide bonds. The number of hydrogen-bond acceptors (Lipinski definition) is 6. The number of carbonyl (C=O) groups excluding carboxylic acids is 1. The van der Waals surface area contributed by atoms with Gasteiger partial charge in [0.15, 0.2) is 0 Å². The van der Waals surface area contributed by atoms with Gasteiger partial charge in [-0.25, -0.2) is 4.98 Å². The maximum Gasteiger partial charge on any atom is 0.257 e. The van der Waals surface area contributed by atoms with Crippen molar-refractivity contribution in [3.05, 3.63) is 71.6 Å². The molecule has 0 spiro atoms. The first-order valence-electron chi connectivity index (χ1n) is 7.77. The molecule has 0 unspecified atom stereocenters. The molecule has 8 heteroatoms. The van der Waals surface area contributed by atoms with Gasteiger partial charge in [0.2, 0.25) is 5.95 Å². The summed E-state index contributed by atoms with van der Waals surface area (Å²) in [6.45, 7) is 1.83. The Morgan fingerprint density at radius 2 is 1.96 bits per heavy atom. The molecule has 0 fully saturated rings. The van der Waals surface area contributed by atoms with Crippen LogP contribution < -0.4 is 10.6 Å². The normalized spacial score (nSPS) is 16.1. The smallest absolute Gasteiger partial charge is 0.257 e. The zero-order valence-electron chi connectivity index (χ0n) is 13.4. The molecule has 3 heterocycles. The largest absolute Gasteiger partial charge is 0.326 e. The van der Waals surface area contributed by atoms with Gasteiger partial charge in [0, 0.05) is 11.9 Å². The van der Waals surface area contributed by atoms with Crippen LogP contribution in [0.5, 0.6) is 0 Å². The van der Waals surface area contributed by atoms with Crippen LogP contribution in [0.4, 0.5) is 11.8 Å². The number of tetrazole rings is 1. The lowest BCUT2D eigenvalue weighted by molar-refractivity contribution is -0.113. The predicted octanol–water partition coefficient (Wildman–Crippen LogP) is 2.00. The van der Waals surface area contributed by atoms with Crippen LogP contribution >= 0.6 is 0 Å². The quantitative estimate of drug-likeness (QED) is 0.761. The zero-order valence-corrected chi connectivity index (χ0v) is 13.4. The lowest BCUT2D eigenvalue weighted by Crippen LogP contribution is -2.31. The lowest BCUT2D eigenvalue weighted by atomic mass is 9.95. The predicted molar refractivity (Wildman–Crippen MR) is 91.6 cm³/mol. The lowest BCUT2D eigenvalue weighted by Gasteiger charge is -2.27. The Labute approximate surface area is 143 Å². The number of rotatable bonds is 3. The fraction of sp³-hybridized carbons (Fsp3) is 0.118. The summed E-state index contributed by atoms with van der Waals surface area (Å²) >= 11 is 0. The molecule has 25 heavy (non-hydrogen) atoms. The second-order valence-electron chi connectivity index (χ2n) is 5.59. The second-order valence-corrected chi connectivity index (χ2v) is 5.59. The minimum Gasteiger partial charge on any atom is -0.326 e. The van der Waals surface area contributed by atoms with E-state index in [1.54, 1.807) is 23.0 Å². The molecule has 0 bridgehead atoms. The third kappa shape index (κ3) is 2.74. The fourth-order valence-corrected chi connectivity index (χ4v) is 2.87. The molecule has 124 valence electrons. The summed E-state index contributed by atoms with van der Waals surface area (Å²) < 4.78 is 1.61. The second kappa shape index (κ2) is 6.16. The first-order chi connectivity index (χ1) is 12.2. The number of anilines is 2. The van der Waals surface area contributed by atoms with Crippen LogP contribution in [0.2, 0.25) is 0 Å². The maximum atomic E-state index is 13.0. The minimum atomic E-state index is -0.420. The van der Waals surface area contributed by atoms with Gasteiger partial charge in [0.1, 0.15) is 11.9 Å². The van der Waals surface area contributed by atoms with E-state index in [0.717, 1.165) is 5.56 Å². The van der Waals surface area contributed by atoms with Gasteiger partial charge in [0.25, 0.3) is 5.91 Å². The maximum absolute atomic E-state index is 13.0. The monoisotopic (exact) mass is 333 g/mol. The highest BCUT2D eigenvalue weighted by atomic mass is 16.1. The third-order valence-corrected chi connectivity index (χ3v) is 3.98. The van der Waals surface area contributed by atoms with Gasteiger partial charge in [-0.15, -0.1) is 0 Å². The highest BCUT2D eigenvalue weighted by Gasteiger charge is 2.33. The Hall–Kier alpha value is -3.55. The van der Waals surface area contributed by atoms with E-state index in [2.05, 4.69) is 31.1 Å². The molecule has 2 aromatic heterocycles. The molecule has 3 aromatic rings. The number of pyridine rings is 1. The van der Waals surface area contributed by atoms with Crippen molar-refractivity contribution in [2.24, 2.45) is 0 Å². The van der Waals surface area contributed by atoms with E-state index < -0.39 is 6.04 Å². The first kappa shape index (κ1) is 15.0. The Bertz CT molecular complexity index is 934. The molecule has 1 aliphatic rings. The van der Waals surface area contributed by atoms with E-state index in [4.69, 9.17) is 0 Å². The summed E-state index contributed by atoms with van der Waals surface area (Å²) in [5, 5.41) is 17.7. The van der Waals surface area contributed by atoms with Crippen molar-refractivity contribution in [2.75, 3.05) is 10.6 Å². The Kier molecular flexibility index (Phi) is 3.70. The molecule has 0 saturated carbocycles. The van der Waals surface area contributed by atoms with Gasteiger partial charge in [-0.1, -0.05) is 41.5 Å². The molecule has 0 saturated heterocycles. The molecule has 2 N–H and O–H groups in total. The summed E-state index contributed by atoms with van der Waals surface area (Å²) in [6.07, 6.45) is 1.63. The van der Waals surface area contributed by atoms with Crippen molar-refractivity contribution in [1.29, 1.82) is 0 Å². The average Bonchev–Trinajstić information content (AvgIpc) is 3.10. The Morgan fingerprint density at radius 3 is 2.72 bits per heavy atom. The van der Waals surface area contributed by atoms with Crippen LogP contribution in [0.25, 0.3) is 0 Å². The van der Waals surface area contributed by atoms with Gasteiger partial charge in [-0.3, -0.25) is 4.79 Å². The van der Waals surface area contributed by atoms with Crippen molar-refractivity contribution in [2.45, 2.75) is 13.0 Å². The number of hydrogen-bond donors (Lipinski definition) is 2. The highest BCUT2D eigenvalue weighted by Crippen LogP contribution is 2.34. The number of aromatic nitrogens is 5. The molecule has 0 aliphatic carbocycles. The molecule has 8 nitrogen and oxygen atoms in total. The van der Waals surface area contributed by atoms with Gasteiger partial charge in [-0.2, -0.15) is 4.68 Å². The third-order valence-electron chi connectivity index (χ3n) is 3.98. The number of nitrogens with one attached hydrogen (secondary N) is 2. The molecule has 1 aliphatic heterocycles. The number of amides is 1. The van der Waals surface area contributed by atoms with E-state index in [0.29, 0.717) is 23.0 Å². The summed E-state index contributed by atoms with van der Waals surface area (Å²) in [7, 11) is 0. The first-order valence-corrected chi connectivity index (χ1v) is 7.77. The number of allylic oxidation sites excluding steroid dienone is 1. The molecule has 1 aromatic carbocycles. The van der Waals surface area contributed by atoms with Crippen LogP contribution in [0.3, 0.4) is 0 Å². The number of fused-ring (bicyclic) bond motifs is 1. The molecule has 4 rings (SSSR count). The average molecular weight is 333 g/mol. The summed E-state index contributed by atoms with van der Waals surface area (Å²) in [5.74, 6) is 0.738. The van der Waals surface area contributed by atoms with E-state index in [-0.39, 0.29) is 5.91 Å². The SMILES string of the molecule is CC1=C(C(=O)Nc2ccccn2)[C@H](c2ccccc2)n2nnnc2N1. The molecular weight excluding hydrogens is 318 g/mol. The van der Waals surface area contributed by atoms with Gasteiger partial charge in [-0.05, 0) is 35.0 Å². The topological polar surface area (TPSA) is 97.6 Å². The number of nitrogens with zero attached hydrogens (tertiary/aromatic N) is 5. The van der Waals surface area contributed by atoms with Crippen molar-refractivity contribution in [3.63, 3.8) is 0 Å². The van der Waals surface area contributed by atoms with Crippen LogP contribution in [0.15, 0.2) is 66.0 Å². The van der Waals surface area contributed by atoms with E-state index in [9.17, 15) is 4.79 Å². The van der Waals surface area contributed by atoms with Crippen molar-refractivity contribution < 1.29 is 4.79 Å². The number of benzene rings is 1. The summed E-state index contributed by atoms with van der Waals surface area (Å²) in [5.41, 5.74) is 2.16. The van der Waals surface area contributed by atoms with Gasteiger partial charge >= 0.3 is 0 Å². The zero-order chi connectivity index (χ0) is 17.2. The molecule has 0 radical (unpaired) electrons. The van der Waals surface area contributed by atoms with Crippen LogP contribution in [-0.2, 0) is 4.79 Å². The molecule has 1 atom stereocenters. The Morgan fingerprint density at radius 1 is 1.16 bits per heavy atom.